The van der Waals surface area contributed by atoms with Crippen LogP contribution in [0.2, 0.25) is 0 Å². The average Bonchev–Trinajstić information content (AvgIpc) is 2.36. The Morgan fingerprint density at radius 1 is 1.47 bits per heavy atom. The molecular weight excluding hydrogens is 258 g/mol. The minimum absolute atomic E-state index is 0.172. The fourth-order valence-corrected chi connectivity index (χ4v) is 3.51. The van der Waals surface area contributed by atoms with Crippen molar-refractivity contribution < 1.29 is 5.21 Å². The Hall–Kier alpha value is -1.36. The van der Waals surface area contributed by atoms with E-state index in [1.54, 1.807) is 0 Å². The van der Waals surface area contributed by atoms with Crippen molar-refractivity contribution in [3.8, 4) is 0 Å². The Morgan fingerprint density at radius 3 is 2.84 bits per heavy atom. The first-order valence-corrected chi connectivity index (χ1v) is 7.39. The summed E-state index contributed by atoms with van der Waals surface area (Å²) in [6.45, 7) is 8.52. The van der Waals surface area contributed by atoms with Crippen molar-refractivity contribution in [3.63, 3.8) is 0 Å². The van der Waals surface area contributed by atoms with Crippen LogP contribution in [0.4, 0.5) is 5.69 Å². The number of anilines is 1. The van der Waals surface area contributed by atoms with Gasteiger partial charge in [0, 0.05) is 34.8 Å². The lowest BCUT2D eigenvalue weighted by Gasteiger charge is -2.39. The third-order valence-electron chi connectivity index (χ3n) is 3.30. The fraction of sp³-hybridized carbons (Fsp3) is 0.500. The first-order valence-electron chi connectivity index (χ1n) is 6.40. The third kappa shape index (κ3) is 3.15. The van der Waals surface area contributed by atoms with Gasteiger partial charge in [-0.1, -0.05) is 11.2 Å². The summed E-state index contributed by atoms with van der Waals surface area (Å²) in [5.41, 5.74) is 8.83. The first kappa shape index (κ1) is 14.1. The van der Waals surface area contributed by atoms with Crippen LogP contribution in [0.1, 0.15) is 25.0 Å². The van der Waals surface area contributed by atoms with E-state index in [2.05, 4.69) is 36.9 Å². The van der Waals surface area contributed by atoms with E-state index >= 15 is 0 Å². The fourth-order valence-electron chi connectivity index (χ4n) is 2.40. The summed E-state index contributed by atoms with van der Waals surface area (Å²) in [6.07, 6.45) is 0. The first-order chi connectivity index (χ1) is 8.93. The number of benzene rings is 1. The Kier molecular flexibility index (Phi) is 3.94. The molecule has 0 spiro atoms. The van der Waals surface area contributed by atoms with E-state index in [0.29, 0.717) is 0 Å². The normalized spacial score (nSPS) is 19.5. The van der Waals surface area contributed by atoms with Crippen LogP contribution >= 0.6 is 11.8 Å². The lowest BCUT2D eigenvalue weighted by molar-refractivity contribution is 0.318. The van der Waals surface area contributed by atoms with Gasteiger partial charge in [-0.2, -0.15) is 11.8 Å². The maximum Gasteiger partial charge on any atom is 0.172 e. The summed E-state index contributed by atoms with van der Waals surface area (Å²) >= 11 is 1.99. The van der Waals surface area contributed by atoms with Crippen LogP contribution in [-0.2, 0) is 0 Å². The summed E-state index contributed by atoms with van der Waals surface area (Å²) in [5.74, 6) is 1.27. The van der Waals surface area contributed by atoms with Crippen molar-refractivity contribution in [2.75, 3.05) is 23.7 Å². The summed E-state index contributed by atoms with van der Waals surface area (Å²) in [7, 11) is 0. The van der Waals surface area contributed by atoms with E-state index in [1.807, 2.05) is 23.9 Å². The van der Waals surface area contributed by atoms with Crippen molar-refractivity contribution in [2.45, 2.75) is 25.5 Å². The molecule has 0 aliphatic carbocycles. The van der Waals surface area contributed by atoms with Crippen molar-refractivity contribution in [3.05, 3.63) is 29.3 Å². The minimum Gasteiger partial charge on any atom is -0.409 e. The van der Waals surface area contributed by atoms with Gasteiger partial charge in [0.2, 0.25) is 0 Å². The van der Waals surface area contributed by atoms with Crippen LogP contribution in [0, 0.1) is 6.92 Å². The Balaban J connectivity index is 2.40. The summed E-state index contributed by atoms with van der Waals surface area (Å²) in [5, 5.41) is 12.1. The van der Waals surface area contributed by atoms with Gasteiger partial charge in [-0.15, -0.1) is 0 Å². The van der Waals surface area contributed by atoms with Crippen LogP contribution in [-0.4, -0.2) is 34.6 Å². The quantitative estimate of drug-likeness (QED) is 0.378. The van der Waals surface area contributed by atoms with Crippen LogP contribution in [0.5, 0.6) is 0 Å². The average molecular weight is 279 g/mol. The van der Waals surface area contributed by atoms with Crippen molar-refractivity contribution in [1.29, 1.82) is 0 Å². The topological polar surface area (TPSA) is 61.9 Å². The number of rotatable bonds is 2. The van der Waals surface area contributed by atoms with Crippen molar-refractivity contribution >= 4 is 23.3 Å². The summed E-state index contributed by atoms with van der Waals surface area (Å²) in [6, 6.07) is 6.02. The maximum atomic E-state index is 8.92. The molecule has 0 radical (unpaired) electrons. The lowest BCUT2D eigenvalue weighted by Crippen LogP contribution is -2.44. The van der Waals surface area contributed by atoms with Crippen molar-refractivity contribution in [2.24, 2.45) is 10.9 Å². The Labute approximate surface area is 118 Å². The molecule has 0 atom stereocenters. The molecule has 0 aromatic heterocycles. The van der Waals surface area contributed by atoms with Gasteiger partial charge in [0.05, 0.1) is 0 Å². The SMILES string of the molecule is Cc1ccc(/C(N)=N/O)c(N2CCSC(C)(C)C2)c1. The third-order valence-corrected chi connectivity index (χ3v) is 4.60. The molecule has 1 aromatic carbocycles. The molecule has 1 heterocycles. The number of oxime groups is 1. The van der Waals surface area contributed by atoms with E-state index in [0.717, 1.165) is 30.1 Å². The molecule has 0 saturated carbocycles. The van der Waals surface area contributed by atoms with E-state index in [4.69, 9.17) is 10.9 Å². The van der Waals surface area contributed by atoms with Crippen LogP contribution in [0.3, 0.4) is 0 Å². The van der Waals surface area contributed by atoms with Gasteiger partial charge < -0.3 is 15.8 Å². The number of nitrogens with zero attached hydrogens (tertiary/aromatic N) is 2. The second-order valence-corrected chi connectivity index (χ2v) is 7.34. The molecular formula is C14H21N3OS. The van der Waals surface area contributed by atoms with Gasteiger partial charge in [-0.25, -0.2) is 0 Å². The Morgan fingerprint density at radius 2 is 2.21 bits per heavy atom. The zero-order valence-corrected chi connectivity index (χ0v) is 12.5. The number of hydrogen-bond donors (Lipinski definition) is 2. The molecule has 1 aliphatic heterocycles. The zero-order valence-electron chi connectivity index (χ0n) is 11.7. The number of hydrogen-bond acceptors (Lipinski definition) is 4. The number of nitrogens with two attached hydrogens (primary N) is 1. The molecule has 5 heteroatoms. The number of aryl methyl sites for hydroxylation is 1. The highest BCUT2D eigenvalue weighted by molar-refractivity contribution is 8.00. The van der Waals surface area contributed by atoms with Gasteiger partial charge in [0.15, 0.2) is 5.84 Å². The lowest BCUT2D eigenvalue weighted by atomic mass is 10.1. The smallest absolute Gasteiger partial charge is 0.172 e. The van der Waals surface area contributed by atoms with Crippen LogP contribution < -0.4 is 10.6 Å². The molecule has 4 nitrogen and oxygen atoms in total. The highest BCUT2D eigenvalue weighted by atomic mass is 32.2. The van der Waals surface area contributed by atoms with E-state index < -0.39 is 0 Å². The van der Waals surface area contributed by atoms with Gasteiger partial charge >= 0.3 is 0 Å². The number of thioether (sulfide) groups is 1. The van der Waals surface area contributed by atoms with Gasteiger partial charge in [-0.05, 0) is 38.5 Å². The monoisotopic (exact) mass is 279 g/mol. The van der Waals surface area contributed by atoms with Gasteiger partial charge in [-0.3, -0.25) is 0 Å². The molecule has 1 aromatic rings. The second kappa shape index (κ2) is 5.33. The molecule has 1 aliphatic rings. The van der Waals surface area contributed by atoms with Crippen LogP contribution in [0.15, 0.2) is 23.4 Å². The molecule has 1 fully saturated rings. The molecule has 3 N–H and O–H groups in total. The maximum absolute atomic E-state index is 8.92. The van der Waals surface area contributed by atoms with Gasteiger partial charge in [0.25, 0.3) is 0 Å². The minimum atomic E-state index is 0.172. The molecule has 0 amide bonds. The van der Waals surface area contributed by atoms with Crippen molar-refractivity contribution in [1.82, 2.24) is 0 Å². The van der Waals surface area contributed by atoms with E-state index in [-0.39, 0.29) is 10.6 Å². The predicted molar refractivity (Wildman–Crippen MR) is 82.4 cm³/mol. The highest BCUT2D eigenvalue weighted by Gasteiger charge is 2.28. The predicted octanol–water partition coefficient (Wildman–Crippen LogP) is 2.42. The molecule has 1 saturated heterocycles. The highest BCUT2D eigenvalue weighted by Crippen LogP contribution is 2.33. The molecule has 19 heavy (non-hydrogen) atoms. The van der Waals surface area contributed by atoms with Crippen LogP contribution in [0.25, 0.3) is 0 Å². The molecule has 2 rings (SSSR count). The van der Waals surface area contributed by atoms with E-state index in [1.165, 1.54) is 5.56 Å². The molecule has 0 bridgehead atoms. The zero-order chi connectivity index (χ0) is 14.0. The standard InChI is InChI=1S/C14H21N3OS/c1-10-4-5-11(13(15)16-18)12(8-10)17-6-7-19-14(2,3)9-17/h4-5,8,18H,6-7,9H2,1-3H3,(H2,15,16). The number of amidine groups is 1. The molecule has 0 unspecified atom stereocenters. The van der Waals surface area contributed by atoms with E-state index in [9.17, 15) is 0 Å². The van der Waals surface area contributed by atoms with Gasteiger partial charge in [0.1, 0.15) is 0 Å². The Bertz CT molecular complexity index is 499. The largest absolute Gasteiger partial charge is 0.409 e. The second-order valence-electron chi connectivity index (χ2n) is 5.54. The summed E-state index contributed by atoms with van der Waals surface area (Å²) < 4.78 is 0.227. The summed E-state index contributed by atoms with van der Waals surface area (Å²) in [4.78, 5) is 2.33. The molecule has 104 valence electrons.